The molecule has 1 unspecified atom stereocenters. The van der Waals surface area contributed by atoms with Crippen molar-refractivity contribution in [3.05, 3.63) is 70.8 Å². The maximum Gasteiger partial charge on any atom is 0.416 e. The number of hydrogen-bond donors (Lipinski definition) is 2. The van der Waals surface area contributed by atoms with Gasteiger partial charge >= 0.3 is 12.4 Å². The van der Waals surface area contributed by atoms with Gasteiger partial charge in [0, 0.05) is 18.5 Å². The van der Waals surface area contributed by atoms with Crippen LogP contribution < -0.4 is 5.84 Å². The van der Waals surface area contributed by atoms with Crippen LogP contribution in [0.1, 0.15) is 41.2 Å². The van der Waals surface area contributed by atoms with E-state index in [1.807, 2.05) is 30.3 Å². The van der Waals surface area contributed by atoms with Gasteiger partial charge in [0.2, 0.25) is 0 Å². The van der Waals surface area contributed by atoms with Crippen molar-refractivity contribution in [2.75, 3.05) is 26.3 Å². The van der Waals surface area contributed by atoms with Gasteiger partial charge in [-0.25, -0.2) is 5.01 Å². The molecule has 3 N–H and O–H groups in total. The van der Waals surface area contributed by atoms with Gasteiger partial charge in [-0.3, -0.25) is 5.84 Å². The number of nitrogens with zero attached hydrogens (tertiary/aromatic N) is 1. The van der Waals surface area contributed by atoms with Gasteiger partial charge in [0.15, 0.2) is 0 Å². The van der Waals surface area contributed by atoms with Crippen molar-refractivity contribution in [2.24, 2.45) is 5.84 Å². The molecule has 1 atom stereocenters. The van der Waals surface area contributed by atoms with Crippen molar-refractivity contribution in [3.8, 4) is 0 Å². The van der Waals surface area contributed by atoms with Crippen molar-refractivity contribution in [1.29, 1.82) is 0 Å². The second-order valence-electron chi connectivity index (χ2n) is 8.00. The number of benzene rings is 2. The molecule has 4 nitrogen and oxygen atoms in total. The highest BCUT2D eigenvalue weighted by molar-refractivity contribution is 5.35. The molecule has 1 aliphatic heterocycles. The zero-order chi connectivity index (χ0) is 23.6. The highest BCUT2D eigenvalue weighted by Crippen LogP contribution is 2.40. The van der Waals surface area contributed by atoms with Crippen LogP contribution in [0.25, 0.3) is 0 Å². The van der Waals surface area contributed by atoms with Gasteiger partial charge in [0.05, 0.1) is 24.3 Å². The third-order valence-corrected chi connectivity index (χ3v) is 5.85. The highest BCUT2D eigenvalue weighted by atomic mass is 19.4. The van der Waals surface area contributed by atoms with Gasteiger partial charge in [-0.1, -0.05) is 30.3 Å². The number of piperidine rings is 1. The van der Waals surface area contributed by atoms with Crippen molar-refractivity contribution < 1.29 is 36.2 Å². The molecule has 1 saturated heterocycles. The summed E-state index contributed by atoms with van der Waals surface area (Å²) in [6.45, 7) is 0.327. The number of alkyl halides is 6. The number of nitrogens with two attached hydrogens (primary N) is 1. The van der Waals surface area contributed by atoms with Gasteiger partial charge < -0.3 is 9.84 Å². The summed E-state index contributed by atoms with van der Waals surface area (Å²) < 4.78 is 85.1. The predicted molar refractivity (Wildman–Crippen MR) is 105 cm³/mol. The van der Waals surface area contributed by atoms with Crippen LogP contribution in [0, 0.1) is 0 Å². The molecule has 1 fully saturated rings. The minimum atomic E-state index is -4.98. The summed E-state index contributed by atoms with van der Waals surface area (Å²) in [6, 6.07) is 10.6. The van der Waals surface area contributed by atoms with Crippen LogP contribution in [0.5, 0.6) is 0 Å². The highest BCUT2D eigenvalue weighted by Gasteiger charge is 2.39. The van der Waals surface area contributed by atoms with Crippen LogP contribution in [-0.4, -0.2) is 36.4 Å². The lowest BCUT2D eigenvalue weighted by Crippen LogP contribution is -2.48. The lowest BCUT2D eigenvalue weighted by atomic mass is 9.73. The third kappa shape index (κ3) is 5.61. The normalized spacial score (nSPS) is 18.5. The zero-order valence-electron chi connectivity index (χ0n) is 17.1. The summed E-state index contributed by atoms with van der Waals surface area (Å²) in [7, 11) is 0. The predicted octanol–water partition coefficient (Wildman–Crippen LogP) is 4.68. The SMILES string of the molecule is NN1CCC(COC(CO)c2cc(C(F)(F)F)cc(C(F)(F)F)c2)(c2ccccc2)CC1. The summed E-state index contributed by atoms with van der Waals surface area (Å²) in [5, 5.41) is 11.4. The van der Waals surface area contributed by atoms with Gasteiger partial charge in [-0.15, -0.1) is 0 Å². The first-order chi connectivity index (χ1) is 14.9. The standard InChI is InChI=1S/C22H24F6N2O2/c23-21(24,25)17-10-15(11-18(12-17)22(26,27)28)19(13-31)32-14-20(6-8-30(29)9-7-20)16-4-2-1-3-5-16/h1-5,10-12,19,31H,6-9,13-14,29H2. The number of hydrogen-bond acceptors (Lipinski definition) is 4. The fourth-order valence-electron chi connectivity index (χ4n) is 3.94. The summed E-state index contributed by atoms with van der Waals surface area (Å²) in [5.41, 5.74) is -2.87. The molecule has 3 rings (SSSR count). The Morgan fingerprint density at radius 3 is 1.94 bits per heavy atom. The van der Waals surface area contributed by atoms with Gasteiger partial charge in [0.1, 0.15) is 6.10 Å². The number of rotatable bonds is 6. The lowest BCUT2D eigenvalue weighted by Gasteiger charge is -2.41. The maximum absolute atomic E-state index is 13.2. The zero-order valence-corrected chi connectivity index (χ0v) is 17.1. The molecule has 1 aliphatic rings. The molecular weight excluding hydrogens is 438 g/mol. The van der Waals surface area contributed by atoms with Crippen molar-refractivity contribution in [1.82, 2.24) is 5.01 Å². The first-order valence-electron chi connectivity index (χ1n) is 10.0. The number of ether oxygens (including phenoxy) is 1. The smallest absolute Gasteiger partial charge is 0.393 e. The average Bonchev–Trinajstić information content (AvgIpc) is 2.75. The first kappa shape index (κ1) is 24.5. The molecule has 32 heavy (non-hydrogen) atoms. The molecule has 2 aromatic rings. The van der Waals surface area contributed by atoms with E-state index in [0.29, 0.717) is 38.1 Å². The second kappa shape index (κ2) is 9.38. The molecule has 0 aliphatic carbocycles. The number of aliphatic hydroxyl groups excluding tert-OH is 1. The van der Waals surface area contributed by atoms with Crippen molar-refractivity contribution in [3.63, 3.8) is 0 Å². The number of halogens is 6. The molecule has 176 valence electrons. The van der Waals surface area contributed by atoms with E-state index in [9.17, 15) is 31.4 Å². The van der Waals surface area contributed by atoms with E-state index in [0.717, 1.165) is 5.56 Å². The Morgan fingerprint density at radius 2 is 1.47 bits per heavy atom. The van der Waals surface area contributed by atoms with E-state index in [2.05, 4.69) is 0 Å². The Bertz CT molecular complexity index is 861. The number of hydrazine groups is 1. The van der Waals surface area contributed by atoms with E-state index in [4.69, 9.17) is 10.6 Å². The molecule has 10 heteroatoms. The van der Waals surface area contributed by atoms with E-state index >= 15 is 0 Å². The average molecular weight is 462 g/mol. The molecule has 0 saturated carbocycles. The first-order valence-corrected chi connectivity index (χ1v) is 10.0. The molecule has 0 aromatic heterocycles. The lowest BCUT2D eigenvalue weighted by molar-refractivity contribution is -0.143. The maximum atomic E-state index is 13.2. The molecule has 0 amide bonds. The summed E-state index contributed by atoms with van der Waals surface area (Å²) in [5.74, 6) is 5.86. The Morgan fingerprint density at radius 1 is 0.938 bits per heavy atom. The monoisotopic (exact) mass is 462 g/mol. The van der Waals surface area contributed by atoms with Crippen LogP contribution in [0.15, 0.2) is 48.5 Å². The van der Waals surface area contributed by atoms with E-state index in [1.165, 1.54) is 0 Å². The summed E-state index contributed by atoms with van der Waals surface area (Å²) >= 11 is 0. The van der Waals surface area contributed by atoms with E-state index in [1.54, 1.807) is 5.01 Å². The summed E-state index contributed by atoms with van der Waals surface area (Å²) in [6.07, 6.45) is -10.1. The Balaban J connectivity index is 1.91. The third-order valence-electron chi connectivity index (χ3n) is 5.85. The molecule has 0 bridgehead atoms. The summed E-state index contributed by atoms with van der Waals surface area (Å²) in [4.78, 5) is 0. The molecule has 0 spiro atoms. The number of aliphatic hydroxyl groups is 1. The minimum Gasteiger partial charge on any atom is -0.393 e. The van der Waals surface area contributed by atoms with Crippen LogP contribution >= 0.6 is 0 Å². The molecule has 1 heterocycles. The minimum absolute atomic E-state index is 0.00762. The Labute approximate surface area is 181 Å². The van der Waals surface area contributed by atoms with Gasteiger partial charge in [-0.2, -0.15) is 26.3 Å². The molecule has 0 radical (unpaired) electrons. The Kier molecular flexibility index (Phi) is 7.18. The van der Waals surface area contributed by atoms with Crippen LogP contribution in [0.2, 0.25) is 0 Å². The topological polar surface area (TPSA) is 58.7 Å². The largest absolute Gasteiger partial charge is 0.416 e. The van der Waals surface area contributed by atoms with E-state index < -0.39 is 41.6 Å². The van der Waals surface area contributed by atoms with Gasteiger partial charge in [-0.05, 0) is 42.2 Å². The van der Waals surface area contributed by atoms with Crippen LogP contribution in [0.3, 0.4) is 0 Å². The van der Waals surface area contributed by atoms with Gasteiger partial charge in [0.25, 0.3) is 0 Å². The van der Waals surface area contributed by atoms with Crippen LogP contribution in [-0.2, 0) is 22.5 Å². The van der Waals surface area contributed by atoms with Crippen LogP contribution in [0.4, 0.5) is 26.3 Å². The second-order valence-corrected chi connectivity index (χ2v) is 8.00. The quantitative estimate of drug-likeness (QED) is 0.484. The van der Waals surface area contributed by atoms with Crippen molar-refractivity contribution in [2.45, 2.75) is 36.7 Å². The fraction of sp³-hybridized carbons (Fsp3) is 0.455. The fourth-order valence-corrected chi connectivity index (χ4v) is 3.94. The van der Waals surface area contributed by atoms with Crippen molar-refractivity contribution >= 4 is 0 Å². The van der Waals surface area contributed by atoms with E-state index in [-0.39, 0.29) is 18.2 Å². The molecule has 2 aromatic carbocycles. The Hall–Kier alpha value is -2.14. The molecular formula is C22H24F6N2O2.